The Bertz CT molecular complexity index is 2060. The minimum absolute atomic E-state index is 0.261. The van der Waals surface area contributed by atoms with Crippen molar-refractivity contribution in [1.82, 2.24) is 4.98 Å². The standard InChI is InChI=1S/C37H26N2/c1-5-13-27-25(11-1)33-29(19-17-23-21-9-3-7-15-31(21)38-35(23)33)37(27)28-14-6-2-12-26(28)34-30(37)20-18-24-22-10-4-8-16-32(22)39-36(24)34/h1-5,7-13,15-21,31,38-39H,6,14H2. The maximum absolute atomic E-state index is 3.95. The zero-order valence-electron chi connectivity index (χ0n) is 21.5. The van der Waals surface area contributed by atoms with Gasteiger partial charge in [-0.3, -0.25) is 0 Å². The number of benzene rings is 4. The van der Waals surface area contributed by atoms with Crippen LogP contribution in [-0.4, -0.2) is 11.0 Å². The minimum Gasteiger partial charge on any atom is -0.377 e. The van der Waals surface area contributed by atoms with Crippen molar-refractivity contribution in [2.75, 3.05) is 5.32 Å². The van der Waals surface area contributed by atoms with Crippen molar-refractivity contribution in [3.63, 3.8) is 0 Å². The quantitative estimate of drug-likeness (QED) is 0.219. The molecule has 10 rings (SSSR count). The van der Waals surface area contributed by atoms with Gasteiger partial charge in [-0.25, -0.2) is 0 Å². The molecule has 0 radical (unpaired) electrons. The van der Waals surface area contributed by atoms with Crippen LogP contribution in [0.3, 0.4) is 0 Å². The second-order valence-corrected chi connectivity index (χ2v) is 11.6. The minimum atomic E-state index is -0.261. The van der Waals surface area contributed by atoms with E-state index in [1.807, 2.05) is 0 Å². The lowest BCUT2D eigenvalue weighted by Crippen LogP contribution is -2.27. The number of hydrogen-bond acceptors (Lipinski definition) is 1. The largest absolute Gasteiger partial charge is 0.377 e. The van der Waals surface area contributed by atoms with E-state index >= 15 is 0 Å². The molecule has 0 fully saturated rings. The first-order valence-electron chi connectivity index (χ1n) is 14.2. The maximum Gasteiger partial charge on any atom is 0.0690 e. The van der Waals surface area contributed by atoms with E-state index in [1.165, 1.54) is 72.0 Å². The average Bonchev–Trinajstić information content (AvgIpc) is 3.71. The zero-order valence-corrected chi connectivity index (χ0v) is 21.5. The van der Waals surface area contributed by atoms with E-state index in [9.17, 15) is 0 Å². The third-order valence-corrected chi connectivity index (χ3v) is 10.0. The van der Waals surface area contributed by atoms with Gasteiger partial charge in [0, 0.05) is 39.0 Å². The molecule has 0 amide bonds. The average molecular weight is 499 g/mol. The van der Waals surface area contributed by atoms with Gasteiger partial charge in [-0.05, 0) is 57.9 Å². The molecule has 3 unspecified atom stereocenters. The van der Waals surface area contributed by atoms with E-state index in [4.69, 9.17) is 0 Å². The summed E-state index contributed by atoms with van der Waals surface area (Å²) in [6.45, 7) is 0. The fraction of sp³-hybridized carbons (Fsp3) is 0.135. The molecule has 1 aromatic heterocycles. The molecule has 39 heavy (non-hydrogen) atoms. The van der Waals surface area contributed by atoms with E-state index in [0.717, 1.165) is 12.8 Å². The number of fused-ring (bicyclic) bond motifs is 17. The first kappa shape index (κ1) is 20.4. The summed E-state index contributed by atoms with van der Waals surface area (Å²) in [6.07, 6.45) is 16.0. The summed E-state index contributed by atoms with van der Waals surface area (Å²) in [5, 5.41) is 6.57. The third kappa shape index (κ3) is 2.24. The summed E-state index contributed by atoms with van der Waals surface area (Å²) in [4.78, 5) is 3.85. The van der Waals surface area contributed by atoms with E-state index in [1.54, 1.807) is 5.57 Å². The molecular weight excluding hydrogens is 472 g/mol. The van der Waals surface area contributed by atoms with Crippen LogP contribution in [0, 0.1) is 0 Å². The van der Waals surface area contributed by atoms with Crippen molar-refractivity contribution < 1.29 is 0 Å². The van der Waals surface area contributed by atoms with Gasteiger partial charge in [0.15, 0.2) is 0 Å². The van der Waals surface area contributed by atoms with Gasteiger partial charge in [-0.1, -0.05) is 103 Å². The lowest BCUT2D eigenvalue weighted by Gasteiger charge is -2.33. The Labute approximate surface area is 227 Å². The van der Waals surface area contributed by atoms with Crippen molar-refractivity contribution in [3.8, 4) is 11.1 Å². The number of aromatic amines is 1. The highest BCUT2D eigenvalue weighted by atomic mass is 15.0. The van der Waals surface area contributed by atoms with Gasteiger partial charge in [0.25, 0.3) is 0 Å². The molecule has 0 saturated carbocycles. The monoisotopic (exact) mass is 498 g/mol. The molecule has 2 heteroatoms. The Morgan fingerprint density at radius 1 is 0.744 bits per heavy atom. The van der Waals surface area contributed by atoms with Crippen LogP contribution in [0.25, 0.3) is 38.5 Å². The zero-order chi connectivity index (χ0) is 25.3. The molecule has 4 aromatic carbocycles. The number of nitrogens with one attached hydrogen (secondary N) is 2. The summed E-state index contributed by atoms with van der Waals surface area (Å²) in [7, 11) is 0. The van der Waals surface area contributed by atoms with Gasteiger partial charge >= 0.3 is 0 Å². The van der Waals surface area contributed by atoms with E-state index in [2.05, 4.69) is 120 Å². The molecule has 5 aromatic rings. The summed E-state index contributed by atoms with van der Waals surface area (Å²) in [6, 6.07) is 28.0. The number of anilines is 1. The van der Waals surface area contributed by atoms with Crippen LogP contribution in [0.4, 0.5) is 5.69 Å². The predicted molar refractivity (Wildman–Crippen MR) is 161 cm³/mol. The highest BCUT2D eigenvalue weighted by molar-refractivity contribution is 6.14. The normalized spacial score (nSPS) is 24.6. The van der Waals surface area contributed by atoms with Crippen LogP contribution in [0.1, 0.15) is 46.6 Å². The van der Waals surface area contributed by atoms with Crippen LogP contribution in [0.2, 0.25) is 0 Å². The van der Waals surface area contributed by atoms with Gasteiger partial charge in [-0.15, -0.1) is 0 Å². The molecular formula is C37H26N2. The summed E-state index contributed by atoms with van der Waals surface area (Å²) in [5.74, 6) is 0.397. The number of H-pyrrole nitrogens is 1. The van der Waals surface area contributed by atoms with E-state index in [0.29, 0.717) is 12.0 Å². The molecule has 2 nitrogen and oxygen atoms in total. The third-order valence-electron chi connectivity index (χ3n) is 10.0. The van der Waals surface area contributed by atoms with Crippen LogP contribution in [0.15, 0.2) is 115 Å². The topological polar surface area (TPSA) is 27.8 Å². The second kappa shape index (κ2) is 6.90. The van der Waals surface area contributed by atoms with Crippen molar-refractivity contribution >= 4 is 33.1 Å². The van der Waals surface area contributed by atoms with E-state index in [-0.39, 0.29) is 5.41 Å². The molecule has 1 spiro atoms. The van der Waals surface area contributed by atoms with Gasteiger partial charge in [0.1, 0.15) is 0 Å². The van der Waals surface area contributed by atoms with Crippen LogP contribution in [0.5, 0.6) is 0 Å². The second-order valence-electron chi connectivity index (χ2n) is 11.6. The molecule has 2 N–H and O–H groups in total. The van der Waals surface area contributed by atoms with E-state index < -0.39 is 0 Å². The van der Waals surface area contributed by atoms with Crippen LogP contribution >= 0.6 is 0 Å². The molecule has 0 saturated heterocycles. The molecule has 2 heterocycles. The highest BCUT2D eigenvalue weighted by Crippen LogP contribution is 2.66. The summed E-state index contributed by atoms with van der Waals surface area (Å²) in [5.41, 5.74) is 16.5. The lowest BCUT2D eigenvalue weighted by molar-refractivity contribution is 0.714. The Hall–Kier alpha value is -4.56. The predicted octanol–water partition coefficient (Wildman–Crippen LogP) is 8.76. The molecule has 1 aliphatic heterocycles. The smallest absolute Gasteiger partial charge is 0.0690 e. The Morgan fingerprint density at radius 3 is 2.59 bits per heavy atom. The van der Waals surface area contributed by atoms with Crippen molar-refractivity contribution in [2.45, 2.75) is 30.2 Å². The van der Waals surface area contributed by atoms with Crippen molar-refractivity contribution in [3.05, 3.63) is 143 Å². The SMILES string of the molecule is C1=CC2Nc3c(ccc4c3-c3ccccc3C43C4=C(C=CCC4)c4c3ccc3c4[nH]c4ccccc43)C2C=C1. The highest BCUT2D eigenvalue weighted by Gasteiger charge is 2.54. The summed E-state index contributed by atoms with van der Waals surface area (Å²) < 4.78 is 0. The number of hydrogen-bond donors (Lipinski definition) is 2. The number of para-hydroxylation sites is 1. The van der Waals surface area contributed by atoms with Crippen molar-refractivity contribution in [2.24, 2.45) is 0 Å². The van der Waals surface area contributed by atoms with Crippen LogP contribution < -0.4 is 5.32 Å². The summed E-state index contributed by atoms with van der Waals surface area (Å²) >= 11 is 0. The maximum atomic E-state index is 3.95. The van der Waals surface area contributed by atoms with Crippen LogP contribution in [-0.2, 0) is 5.41 Å². The Kier molecular flexibility index (Phi) is 3.61. The number of aromatic nitrogens is 1. The Balaban J connectivity index is 1.36. The molecule has 3 atom stereocenters. The van der Waals surface area contributed by atoms with Gasteiger partial charge in [0.2, 0.25) is 0 Å². The fourth-order valence-corrected chi connectivity index (χ4v) is 8.60. The van der Waals surface area contributed by atoms with Gasteiger partial charge < -0.3 is 10.3 Å². The van der Waals surface area contributed by atoms with Crippen molar-refractivity contribution in [1.29, 1.82) is 0 Å². The molecule has 5 aliphatic rings. The fourth-order valence-electron chi connectivity index (χ4n) is 8.60. The number of rotatable bonds is 0. The molecule has 0 bridgehead atoms. The first-order valence-corrected chi connectivity index (χ1v) is 14.2. The molecule has 184 valence electrons. The molecule has 4 aliphatic carbocycles. The lowest BCUT2D eigenvalue weighted by atomic mass is 9.68. The van der Waals surface area contributed by atoms with Gasteiger partial charge in [0.05, 0.1) is 17.0 Å². The van der Waals surface area contributed by atoms with Gasteiger partial charge in [-0.2, -0.15) is 0 Å². The number of allylic oxidation sites excluding steroid dienone is 6. The Morgan fingerprint density at radius 2 is 1.59 bits per heavy atom. The first-order chi connectivity index (χ1) is 19.4.